The molecule has 1 saturated carbocycles. The summed E-state index contributed by atoms with van der Waals surface area (Å²) >= 11 is 0. The van der Waals surface area contributed by atoms with Crippen LogP contribution in [-0.2, 0) is 44.7 Å². The van der Waals surface area contributed by atoms with Gasteiger partial charge in [0, 0.05) is 152 Å². The second-order valence-electron chi connectivity index (χ2n) is 33.2. The molecule has 6 aromatic heterocycles. The van der Waals surface area contributed by atoms with Crippen molar-refractivity contribution < 1.29 is 101 Å². The van der Waals surface area contributed by atoms with Gasteiger partial charge in [-0.05, 0) is 124 Å². The van der Waals surface area contributed by atoms with E-state index in [4.69, 9.17) is 24.4 Å². The molecule has 3 saturated heterocycles. The van der Waals surface area contributed by atoms with Crippen molar-refractivity contribution in [2.45, 2.75) is 174 Å². The molecule has 13 rings (SSSR count). The summed E-state index contributed by atoms with van der Waals surface area (Å²) in [5.41, 5.74) is 6.34. The molecule has 1 aliphatic carbocycles. The highest BCUT2D eigenvalue weighted by molar-refractivity contribution is 7.90. The number of fused-ring (bicyclic) bond motifs is 3. The summed E-state index contributed by atoms with van der Waals surface area (Å²) in [5.74, 6) is 18.4. The minimum absolute atomic E-state index is 0.0401. The van der Waals surface area contributed by atoms with E-state index in [1.54, 1.807) is 67.9 Å². The number of nitrogens with one attached hydrogen (secondary N) is 6. The van der Waals surface area contributed by atoms with Gasteiger partial charge in [-0.15, -0.1) is 0 Å². The smallest absolute Gasteiger partial charge is 0.406 e. The van der Waals surface area contributed by atoms with Gasteiger partial charge in [0.2, 0.25) is 0 Å². The number of aliphatic hydroxyl groups is 6. The van der Waals surface area contributed by atoms with Crippen molar-refractivity contribution in [2.24, 2.45) is 0 Å². The average molecular weight is 1830 g/mol. The van der Waals surface area contributed by atoms with Crippen molar-refractivity contribution in [3.05, 3.63) is 132 Å². The maximum Gasteiger partial charge on any atom is 0.406 e. The summed E-state index contributed by atoms with van der Waals surface area (Å²) in [7, 11) is -2.73. The van der Waals surface area contributed by atoms with Crippen molar-refractivity contribution >= 4 is 86.5 Å². The van der Waals surface area contributed by atoms with Crippen LogP contribution in [0.1, 0.15) is 94.9 Å². The minimum Gasteiger partial charge on any atom is -0.494 e. The summed E-state index contributed by atoms with van der Waals surface area (Å²) in [5, 5.41) is 78.7. The third-order valence-corrected chi connectivity index (χ3v) is 24.4. The molecule has 694 valence electrons. The summed E-state index contributed by atoms with van der Waals surface area (Å²) in [6.07, 6.45) is -3.29. The highest BCUT2D eigenvalue weighted by Gasteiger charge is 2.38. The van der Waals surface area contributed by atoms with Crippen molar-refractivity contribution in [2.75, 3.05) is 151 Å². The Bertz CT molecular complexity index is 5720. The van der Waals surface area contributed by atoms with E-state index in [2.05, 4.69) is 118 Å². The fraction of sp³-hybridized carbons (Fsp3) is 0.494. The monoisotopic (exact) mass is 1830 g/mol. The Hall–Kier alpha value is -10.5. The molecule has 39 heteroatoms. The molecule has 3 aliphatic heterocycles. The molecular weight excluding hydrogens is 1720 g/mol. The van der Waals surface area contributed by atoms with Gasteiger partial charge in [0.15, 0.2) is 29.7 Å². The lowest BCUT2D eigenvalue weighted by Gasteiger charge is -2.35. The van der Waals surface area contributed by atoms with E-state index in [0.717, 1.165) is 116 Å². The molecule has 128 heavy (non-hydrogen) atoms. The zero-order valence-corrected chi connectivity index (χ0v) is 73.9. The molecule has 0 radical (unpaired) electrons. The standard InChI is InChI=1S/C31H40F3N5O3.C30H36F3N5O5S.C28H34F3N5O5S/c1-30(2,3)29-16-28(42-4)26(17-36-29)35-12-6-7-22-15-24-25(8-5-9-27(24)39(22)20-31(32,33)34)37-21-10-13-38(14-11-21)18-23(41)19-40;1-43-28-14-29(44(2,41)42)35-15-24(28)34-12-4-5-21-13-22-23(6-3-7-25(22)38(21)18-30(31,32)33)36-19-8-10-20(11-9-19)37-16-26(39)27(40)17-37;1-41-26-14-27(42(2,39)40)33-15-24(26)32-10-4-5-20-13-22-23(6-3-7-25(22)36(20)18-28(29,30)31)34-19-8-11-35(12-9-19)16-21(38)17-37/h5,8-9,15-17,21,23,35,37,40-41H,10-14,18-20H2,1-4H3;3,6-7,13-15,19-20,26-27,34,36,39-40H,8-12,16-18H2,1-2H3;3,6-7,13-15,19,21,32,34,37-38H,8-12,16-18H2,1-2H3. The number of hydrogen-bond acceptors (Lipinski definition) is 25. The van der Waals surface area contributed by atoms with Crippen molar-refractivity contribution in [1.29, 1.82) is 0 Å². The Morgan fingerprint density at radius 3 is 1.09 bits per heavy atom. The number of halogens is 9. The number of aromatic nitrogens is 6. The van der Waals surface area contributed by atoms with Crippen molar-refractivity contribution in [3.63, 3.8) is 0 Å². The van der Waals surface area contributed by atoms with E-state index >= 15 is 0 Å². The molecule has 0 bridgehead atoms. The SMILES string of the molecule is COc1cc(C(C)(C)C)ncc1NCC#Cc1cc2c(NC3CCN(CC(O)CO)CC3)cccc2n1CC(F)(F)F.COc1cc(S(C)(=O)=O)ncc1NCC#Cc1cc2c(NC3CCC(N4CC(O)C(O)C4)CC3)cccc2n1CC(F)(F)F.COc1cc(S(C)(=O)=O)ncc1NCC#Cc1cc2c(NC3CCN(CC(O)CO)CC3)cccc2n1CC(F)(F)F. The first-order valence-electron chi connectivity index (χ1n) is 41.8. The van der Waals surface area contributed by atoms with Gasteiger partial charge >= 0.3 is 18.5 Å². The summed E-state index contributed by atoms with van der Waals surface area (Å²) in [4.78, 5) is 18.7. The molecule has 3 aromatic carbocycles. The van der Waals surface area contributed by atoms with Gasteiger partial charge in [0.05, 0.1) is 148 Å². The van der Waals surface area contributed by atoms with Crippen LogP contribution in [0.3, 0.4) is 0 Å². The first-order chi connectivity index (χ1) is 60.6. The van der Waals surface area contributed by atoms with Gasteiger partial charge in [-0.25, -0.2) is 26.8 Å². The lowest BCUT2D eigenvalue weighted by molar-refractivity contribution is -0.140. The zero-order valence-electron chi connectivity index (χ0n) is 72.3. The fourth-order valence-electron chi connectivity index (χ4n) is 16.0. The summed E-state index contributed by atoms with van der Waals surface area (Å²) < 4.78 is 189. The highest BCUT2D eigenvalue weighted by atomic mass is 32.2. The molecule has 0 amide bonds. The predicted molar refractivity (Wildman–Crippen MR) is 473 cm³/mol. The Labute approximate surface area is 737 Å². The molecule has 12 N–H and O–H groups in total. The molecular formula is C89H110F9N15O13S2. The normalized spacial score (nSPS) is 18.2. The maximum absolute atomic E-state index is 13.6. The first kappa shape index (κ1) is 98.1. The summed E-state index contributed by atoms with van der Waals surface area (Å²) in [6.45, 7) is 7.05. The number of piperidine rings is 2. The van der Waals surface area contributed by atoms with Crippen molar-refractivity contribution in [1.82, 2.24) is 43.4 Å². The van der Waals surface area contributed by atoms with Crippen LogP contribution < -0.4 is 46.1 Å². The minimum atomic E-state index is -4.46. The second kappa shape index (κ2) is 42.8. The number of ether oxygens (including phenoxy) is 3. The molecule has 4 aliphatic rings. The number of likely N-dealkylation sites (tertiary alicyclic amines) is 3. The predicted octanol–water partition coefficient (Wildman–Crippen LogP) is 10.5. The Morgan fingerprint density at radius 1 is 0.461 bits per heavy atom. The van der Waals surface area contributed by atoms with E-state index in [1.165, 1.54) is 43.3 Å². The van der Waals surface area contributed by atoms with Gasteiger partial charge in [0.25, 0.3) is 0 Å². The summed E-state index contributed by atoms with van der Waals surface area (Å²) in [6, 6.07) is 25.8. The number of methoxy groups -OCH3 is 3. The first-order valence-corrected chi connectivity index (χ1v) is 45.6. The van der Waals surface area contributed by atoms with E-state index in [1.807, 2.05) is 24.3 Å². The molecule has 0 spiro atoms. The maximum atomic E-state index is 13.6. The number of benzene rings is 3. The number of sulfone groups is 2. The number of anilines is 6. The van der Waals surface area contributed by atoms with Crippen LogP contribution in [0.15, 0.2) is 120 Å². The van der Waals surface area contributed by atoms with Crippen LogP contribution in [0.4, 0.5) is 73.6 Å². The molecule has 9 heterocycles. The van der Waals surface area contributed by atoms with Crippen LogP contribution in [-0.4, -0.2) is 277 Å². The van der Waals surface area contributed by atoms with Gasteiger partial charge in [-0.3, -0.25) is 9.88 Å². The van der Waals surface area contributed by atoms with E-state index in [-0.39, 0.29) is 101 Å². The number of rotatable bonds is 27. The van der Waals surface area contributed by atoms with Gasteiger partial charge in [0.1, 0.15) is 36.9 Å². The number of nitrogens with zero attached hydrogens (tertiary/aromatic N) is 9. The second-order valence-corrected chi connectivity index (χ2v) is 37.2. The largest absolute Gasteiger partial charge is 0.494 e. The number of aliphatic hydroxyl groups excluding tert-OH is 6. The fourth-order valence-corrected chi connectivity index (χ4v) is 17.1. The van der Waals surface area contributed by atoms with E-state index < -0.39 is 82.3 Å². The number of pyridine rings is 3. The number of β-amino-alcohol motifs (C(OH)–C–C–N with tert-alkyl or cyclic N) is 4. The Kier molecular flexibility index (Phi) is 32.8. The topological polar surface area (TPSA) is 353 Å². The van der Waals surface area contributed by atoms with Crippen LogP contribution in [0.25, 0.3) is 32.7 Å². The molecule has 4 unspecified atom stereocenters. The van der Waals surface area contributed by atoms with Crippen LogP contribution in [0.5, 0.6) is 17.2 Å². The van der Waals surface area contributed by atoms with Gasteiger partial charge in [-0.2, -0.15) is 39.5 Å². The Morgan fingerprint density at radius 2 is 0.781 bits per heavy atom. The number of alkyl halides is 9. The van der Waals surface area contributed by atoms with Gasteiger partial charge < -0.3 is 100 Å². The van der Waals surface area contributed by atoms with E-state index in [0.29, 0.717) is 87.4 Å². The lowest BCUT2D eigenvalue weighted by Crippen LogP contribution is -2.43. The highest BCUT2D eigenvalue weighted by Crippen LogP contribution is 2.39. The third-order valence-electron chi connectivity index (χ3n) is 22.5. The molecule has 9 aromatic rings. The van der Waals surface area contributed by atoms with E-state index in [9.17, 15) is 76.8 Å². The molecule has 28 nitrogen and oxygen atoms in total. The van der Waals surface area contributed by atoms with Gasteiger partial charge in [-0.1, -0.05) is 56.7 Å². The molecule has 4 fully saturated rings. The van der Waals surface area contributed by atoms with Crippen LogP contribution >= 0.6 is 0 Å². The zero-order chi connectivity index (χ0) is 92.6. The Balaban J connectivity index is 0.000000186. The van der Waals surface area contributed by atoms with Crippen LogP contribution in [0.2, 0.25) is 0 Å². The third kappa shape index (κ3) is 27.1. The average Bonchev–Trinajstić information content (AvgIpc) is 1.63. The number of hydrogen-bond donors (Lipinski definition) is 12. The van der Waals surface area contributed by atoms with Crippen LogP contribution in [0, 0.1) is 35.5 Å². The quantitative estimate of drug-likeness (QED) is 0.0168. The lowest BCUT2D eigenvalue weighted by atomic mass is 9.90. The van der Waals surface area contributed by atoms with Crippen molar-refractivity contribution in [3.8, 4) is 52.8 Å². The molecule has 4 atom stereocenters.